The molecule has 1 aromatic rings. The second-order valence-corrected chi connectivity index (χ2v) is 28.6. The third-order valence-electron chi connectivity index (χ3n) is 9.64. The first-order chi connectivity index (χ1) is 17.7. The molecule has 1 aliphatic rings. The third kappa shape index (κ3) is 7.74. The van der Waals surface area contributed by atoms with Crippen LogP contribution in [0.3, 0.4) is 0 Å². The molecule has 0 aromatic carbocycles. The number of rotatable bonds is 9. The van der Waals surface area contributed by atoms with Crippen molar-refractivity contribution in [2.45, 2.75) is 142 Å². The zero-order valence-corrected chi connectivity index (χ0v) is 29.8. The van der Waals surface area contributed by atoms with Gasteiger partial charge in [0, 0.05) is 12.6 Å². The van der Waals surface area contributed by atoms with Crippen molar-refractivity contribution in [1.29, 1.82) is 0 Å². The maximum atomic E-state index is 13.6. The van der Waals surface area contributed by atoms with Crippen molar-refractivity contribution in [1.82, 2.24) is 9.55 Å². The highest BCUT2D eigenvalue weighted by molar-refractivity contribution is 6.87. The Labute approximate surface area is 239 Å². The highest BCUT2D eigenvalue weighted by atomic mass is 28.4. The van der Waals surface area contributed by atoms with E-state index >= 15 is 0 Å². The van der Waals surface area contributed by atoms with E-state index in [-0.39, 0.29) is 22.3 Å². The summed E-state index contributed by atoms with van der Waals surface area (Å²) in [5, 5.41) is 0.0594. The molecule has 7 nitrogen and oxygen atoms in total. The van der Waals surface area contributed by atoms with Gasteiger partial charge in [-0.1, -0.05) is 68.2 Å². The predicted molar refractivity (Wildman–Crippen MR) is 169 cm³/mol. The van der Waals surface area contributed by atoms with Gasteiger partial charge in [0.2, 0.25) is 0 Å². The average molecular weight is 595 g/mol. The molecule has 222 valence electrons. The fourth-order valence-corrected chi connectivity index (χ4v) is 9.05. The second kappa shape index (κ2) is 12.3. The van der Waals surface area contributed by atoms with Crippen LogP contribution < -0.4 is 11.2 Å². The molecule has 1 aromatic heterocycles. The van der Waals surface area contributed by atoms with E-state index in [1.54, 1.807) is 0 Å². The third-order valence-corrected chi connectivity index (χ3v) is 23.4. The largest absolute Gasteiger partial charge is 0.414 e. The standard InChI is InChI=1S/C29H54N2O5Si3/c1-14-39(15-2,16-3)18-17-22-20-30-27(33)31(26(22)32)25-19-23(36-38(12,13)29(7,8)9)24(35-25)21-34-37(10,11)28(4,5)6/h20,23-25H,14-16,19,21H2,1-13H3,(H,30,33)/t23?,24-,25-/m1/s1. The van der Waals surface area contributed by atoms with E-state index < -0.39 is 42.2 Å². The molecule has 3 atom stereocenters. The Morgan fingerprint density at radius 3 is 2.00 bits per heavy atom. The molecule has 0 radical (unpaired) electrons. The maximum absolute atomic E-state index is 13.6. The molecule has 0 amide bonds. The van der Waals surface area contributed by atoms with Gasteiger partial charge in [0.1, 0.15) is 26.0 Å². The smallest absolute Gasteiger partial charge is 0.330 e. The number of hydrogen-bond acceptors (Lipinski definition) is 5. The molecule has 1 fully saturated rings. The second-order valence-electron chi connectivity index (χ2n) is 14.1. The topological polar surface area (TPSA) is 82.6 Å². The van der Waals surface area contributed by atoms with Crippen molar-refractivity contribution in [3.8, 4) is 11.5 Å². The summed E-state index contributed by atoms with van der Waals surface area (Å²) in [6, 6.07) is 3.12. The molecule has 10 heteroatoms. The van der Waals surface area contributed by atoms with Crippen molar-refractivity contribution < 1.29 is 13.6 Å². The molecule has 1 N–H and O–H groups in total. The summed E-state index contributed by atoms with van der Waals surface area (Å²) in [5.41, 5.74) is 2.89. The number of nitrogens with zero attached hydrogens (tertiary/aromatic N) is 1. The quantitative estimate of drug-likeness (QED) is 0.256. The minimum Gasteiger partial charge on any atom is -0.414 e. The highest BCUT2D eigenvalue weighted by Crippen LogP contribution is 2.42. The zero-order valence-electron chi connectivity index (χ0n) is 26.8. The van der Waals surface area contributed by atoms with Crippen LogP contribution in [0.25, 0.3) is 0 Å². The number of H-pyrrole nitrogens is 1. The first kappa shape index (κ1) is 34.0. The van der Waals surface area contributed by atoms with Crippen LogP contribution >= 0.6 is 0 Å². The average Bonchev–Trinajstić information content (AvgIpc) is 3.20. The van der Waals surface area contributed by atoms with Gasteiger partial charge < -0.3 is 18.6 Å². The Bertz CT molecular complexity index is 1150. The Morgan fingerprint density at radius 2 is 1.51 bits per heavy atom. The number of hydrogen-bond donors (Lipinski definition) is 1. The first-order valence-corrected chi connectivity index (χ1v) is 23.0. The van der Waals surface area contributed by atoms with Crippen LogP contribution in [-0.2, 0) is 13.6 Å². The minimum absolute atomic E-state index is 0.00790. The maximum Gasteiger partial charge on any atom is 0.330 e. The summed E-state index contributed by atoms with van der Waals surface area (Å²) in [6.07, 6.45) is 0.471. The van der Waals surface area contributed by atoms with Gasteiger partial charge in [-0.2, -0.15) is 0 Å². The molecule has 39 heavy (non-hydrogen) atoms. The summed E-state index contributed by atoms with van der Waals surface area (Å²) in [6.45, 7) is 29.0. The van der Waals surface area contributed by atoms with Crippen LogP contribution in [0.2, 0.25) is 54.4 Å². The Kier molecular flexibility index (Phi) is 10.7. The highest BCUT2D eigenvalue weighted by Gasteiger charge is 2.47. The Morgan fingerprint density at radius 1 is 0.974 bits per heavy atom. The van der Waals surface area contributed by atoms with E-state index in [9.17, 15) is 9.59 Å². The van der Waals surface area contributed by atoms with Gasteiger partial charge in [0.15, 0.2) is 16.6 Å². The van der Waals surface area contributed by atoms with Gasteiger partial charge in [0.25, 0.3) is 5.56 Å². The molecule has 0 bridgehead atoms. The lowest BCUT2D eigenvalue weighted by atomic mass is 10.2. The number of ether oxygens (including phenoxy) is 1. The molecular weight excluding hydrogens is 541 g/mol. The summed E-state index contributed by atoms with van der Waals surface area (Å²) in [7, 11) is -5.96. The fourth-order valence-electron chi connectivity index (χ4n) is 4.25. The number of nitrogens with one attached hydrogen (secondary N) is 1. The molecule has 1 aliphatic heterocycles. The molecule has 2 heterocycles. The van der Waals surface area contributed by atoms with E-state index in [2.05, 4.69) is 105 Å². The van der Waals surface area contributed by atoms with Crippen molar-refractivity contribution in [3.63, 3.8) is 0 Å². The molecule has 0 spiro atoms. The van der Waals surface area contributed by atoms with Crippen LogP contribution in [0.5, 0.6) is 0 Å². The van der Waals surface area contributed by atoms with Gasteiger partial charge in [-0.05, 0) is 54.4 Å². The monoisotopic (exact) mass is 594 g/mol. The van der Waals surface area contributed by atoms with Crippen LogP contribution in [0, 0.1) is 11.5 Å². The van der Waals surface area contributed by atoms with Crippen LogP contribution in [0.15, 0.2) is 15.8 Å². The lowest BCUT2D eigenvalue weighted by Gasteiger charge is -2.40. The number of aromatic nitrogens is 2. The van der Waals surface area contributed by atoms with Crippen LogP contribution in [0.1, 0.15) is 80.5 Å². The van der Waals surface area contributed by atoms with E-state index in [4.69, 9.17) is 13.6 Å². The van der Waals surface area contributed by atoms with Crippen molar-refractivity contribution in [3.05, 3.63) is 32.6 Å². The van der Waals surface area contributed by atoms with Gasteiger partial charge in [-0.15, -0.1) is 5.54 Å². The Hall–Kier alpha value is -1.23. The summed E-state index contributed by atoms with van der Waals surface area (Å²) >= 11 is 0. The van der Waals surface area contributed by atoms with E-state index in [1.165, 1.54) is 10.8 Å². The van der Waals surface area contributed by atoms with Gasteiger partial charge in [0.05, 0.1) is 12.7 Å². The lowest BCUT2D eigenvalue weighted by molar-refractivity contribution is -0.0423. The van der Waals surface area contributed by atoms with Gasteiger partial charge in [-0.3, -0.25) is 4.79 Å². The fraction of sp³-hybridized carbons (Fsp3) is 0.793. The Balaban J connectivity index is 2.48. The number of aromatic amines is 1. The van der Waals surface area contributed by atoms with E-state index in [0.717, 1.165) is 18.1 Å². The predicted octanol–water partition coefficient (Wildman–Crippen LogP) is 6.64. The van der Waals surface area contributed by atoms with E-state index in [1.807, 2.05) is 0 Å². The summed E-state index contributed by atoms with van der Waals surface area (Å²) < 4.78 is 21.0. The van der Waals surface area contributed by atoms with Crippen molar-refractivity contribution >= 4 is 24.7 Å². The van der Waals surface area contributed by atoms with E-state index in [0.29, 0.717) is 18.6 Å². The van der Waals surface area contributed by atoms with Crippen LogP contribution in [0.4, 0.5) is 0 Å². The lowest BCUT2D eigenvalue weighted by Crippen LogP contribution is -2.48. The normalized spacial score (nSPS) is 21.1. The molecule has 1 saturated heterocycles. The molecule has 1 unspecified atom stereocenters. The van der Waals surface area contributed by atoms with Crippen molar-refractivity contribution in [2.75, 3.05) is 6.61 Å². The van der Waals surface area contributed by atoms with Gasteiger partial charge in [-0.25, -0.2) is 9.36 Å². The zero-order chi connectivity index (χ0) is 30.0. The minimum atomic E-state index is -2.15. The molecular formula is C29H54N2O5Si3. The van der Waals surface area contributed by atoms with Gasteiger partial charge >= 0.3 is 5.69 Å². The molecule has 0 aliphatic carbocycles. The SMILES string of the molecule is CC[Si](C#Cc1c[nH]c(=O)n([C@H]2CC(O[Si](C)(C)C(C)(C)C)[C@@H](CO[Si](C)(C)C(C)(C)C)O2)c1=O)(CC)CC. The van der Waals surface area contributed by atoms with Crippen molar-refractivity contribution in [2.24, 2.45) is 0 Å². The molecule has 2 rings (SSSR count). The van der Waals surface area contributed by atoms with Crippen LogP contribution in [-0.4, -0.2) is 53.1 Å². The summed E-state index contributed by atoms with van der Waals surface area (Å²) in [5.74, 6) is 3.15. The molecule has 0 saturated carbocycles. The summed E-state index contributed by atoms with van der Waals surface area (Å²) in [4.78, 5) is 29.3. The first-order valence-electron chi connectivity index (χ1n) is 14.6.